The van der Waals surface area contributed by atoms with E-state index in [2.05, 4.69) is 5.32 Å². The van der Waals surface area contributed by atoms with Gasteiger partial charge < -0.3 is 19.7 Å². The number of benzene rings is 2. The zero-order chi connectivity index (χ0) is 27.0. The molecule has 0 aliphatic rings. The average Bonchev–Trinajstić information content (AvgIpc) is 2.83. The van der Waals surface area contributed by atoms with Crippen molar-refractivity contribution in [2.24, 2.45) is 5.92 Å². The minimum absolute atomic E-state index is 0.0921. The largest absolute Gasteiger partial charge is 0.497 e. The van der Waals surface area contributed by atoms with Crippen LogP contribution in [0.1, 0.15) is 31.9 Å². The van der Waals surface area contributed by atoms with Crippen LogP contribution in [-0.4, -0.2) is 64.7 Å². The summed E-state index contributed by atoms with van der Waals surface area (Å²) in [4.78, 5) is 28.0. The molecule has 0 saturated heterocycles. The highest BCUT2D eigenvalue weighted by molar-refractivity contribution is 7.92. The molecule has 0 heterocycles. The van der Waals surface area contributed by atoms with Crippen molar-refractivity contribution in [1.82, 2.24) is 10.2 Å². The number of hydrogen-bond donors (Lipinski definition) is 1. The fourth-order valence-electron chi connectivity index (χ4n) is 3.59. The van der Waals surface area contributed by atoms with Crippen LogP contribution in [0.15, 0.2) is 42.5 Å². The quantitative estimate of drug-likeness (QED) is 0.462. The lowest BCUT2D eigenvalue weighted by atomic mass is 10.1. The Morgan fingerprint density at radius 3 is 2.31 bits per heavy atom. The fourth-order valence-corrected chi connectivity index (χ4v) is 4.44. The molecular formula is C26H37N3O6S. The zero-order valence-electron chi connectivity index (χ0n) is 22.1. The molecule has 0 fully saturated rings. The SMILES string of the molecule is COc1cccc(CN(C(=O)CN(c2cc(C)ccc2OC)S(C)(=O)=O)[C@H](C)C(=O)NCC(C)C)c1. The monoisotopic (exact) mass is 519 g/mol. The molecule has 0 saturated carbocycles. The van der Waals surface area contributed by atoms with Crippen LogP contribution in [0.25, 0.3) is 0 Å². The number of aryl methyl sites for hydroxylation is 1. The maximum Gasteiger partial charge on any atom is 0.244 e. The van der Waals surface area contributed by atoms with E-state index < -0.39 is 28.5 Å². The van der Waals surface area contributed by atoms with Crippen LogP contribution < -0.4 is 19.1 Å². The number of nitrogens with zero attached hydrogens (tertiary/aromatic N) is 2. The molecule has 10 heteroatoms. The maximum absolute atomic E-state index is 13.7. The van der Waals surface area contributed by atoms with Gasteiger partial charge in [-0.2, -0.15) is 0 Å². The Labute approximate surface area is 214 Å². The lowest BCUT2D eigenvalue weighted by molar-refractivity contribution is -0.139. The summed E-state index contributed by atoms with van der Waals surface area (Å²) in [6.45, 7) is 7.46. The highest BCUT2D eigenvalue weighted by Gasteiger charge is 2.31. The normalized spacial score (nSPS) is 12.1. The van der Waals surface area contributed by atoms with Gasteiger partial charge in [0.05, 0.1) is 26.2 Å². The van der Waals surface area contributed by atoms with Gasteiger partial charge in [-0.05, 0) is 55.2 Å². The Morgan fingerprint density at radius 2 is 1.72 bits per heavy atom. The standard InChI is InChI=1S/C26H37N3O6S/c1-18(2)15-27-26(31)20(4)28(16-21-9-8-10-22(14-21)34-5)25(30)17-29(36(7,32)33)23-13-19(3)11-12-24(23)35-6/h8-14,18,20H,15-17H2,1-7H3,(H,27,31)/t20-/m1/s1. The number of hydrogen-bond acceptors (Lipinski definition) is 6. The molecule has 0 aliphatic carbocycles. The van der Waals surface area contributed by atoms with E-state index in [1.807, 2.05) is 26.8 Å². The Balaban J connectivity index is 2.45. The highest BCUT2D eigenvalue weighted by Crippen LogP contribution is 2.31. The number of methoxy groups -OCH3 is 2. The summed E-state index contributed by atoms with van der Waals surface area (Å²) in [5.41, 5.74) is 1.80. The van der Waals surface area contributed by atoms with Crippen molar-refractivity contribution in [2.45, 2.75) is 40.3 Å². The van der Waals surface area contributed by atoms with Gasteiger partial charge in [0, 0.05) is 13.1 Å². The Kier molecular flexibility index (Phi) is 10.2. The van der Waals surface area contributed by atoms with Crippen LogP contribution in [0.3, 0.4) is 0 Å². The summed E-state index contributed by atoms with van der Waals surface area (Å²) in [6, 6.07) is 11.4. The number of rotatable bonds is 12. The van der Waals surface area contributed by atoms with Gasteiger partial charge in [0.1, 0.15) is 24.1 Å². The molecule has 2 rings (SSSR count). The first kappa shape index (κ1) is 29.0. The number of amides is 2. The summed E-state index contributed by atoms with van der Waals surface area (Å²) >= 11 is 0. The molecule has 1 N–H and O–H groups in total. The Hall–Kier alpha value is -3.27. The number of ether oxygens (including phenoxy) is 2. The topological polar surface area (TPSA) is 105 Å². The van der Waals surface area contributed by atoms with E-state index in [0.717, 1.165) is 21.7 Å². The fraction of sp³-hybridized carbons (Fsp3) is 0.462. The summed E-state index contributed by atoms with van der Waals surface area (Å²) in [5, 5.41) is 2.86. The van der Waals surface area contributed by atoms with Gasteiger partial charge in [-0.1, -0.05) is 32.0 Å². The summed E-state index contributed by atoms with van der Waals surface area (Å²) < 4.78 is 37.3. The highest BCUT2D eigenvalue weighted by atomic mass is 32.2. The molecule has 0 spiro atoms. The molecule has 0 aromatic heterocycles. The molecular weight excluding hydrogens is 482 g/mol. The lowest BCUT2D eigenvalue weighted by Crippen LogP contribution is -2.51. The van der Waals surface area contributed by atoms with E-state index in [0.29, 0.717) is 18.0 Å². The number of carbonyl (C=O) groups excluding carboxylic acids is 2. The third-order valence-electron chi connectivity index (χ3n) is 5.62. The van der Waals surface area contributed by atoms with Crippen LogP contribution in [0.2, 0.25) is 0 Å². The molecule has 2 aromatic carbocycles. The molecule has 0 aliphatic heterocycles. The predicted octanol–water partition coefficient (Wildman–Crippen LogP) is 2.97. The van der Waals surface area contributed by atoms with Crippen molar-refractivity contribution >= 4 is 27.5 Å². The molecule has 9 nitrogen and oxygen atoms in total. The number of nitrogens with one attached hydrogen (secondary N) is 1. The lowest BCUT2D eigenvalue weighted by Gasteiger charge is -2.32. The van der Waals surface area contributed by atoms with Crippen LogP contribution in [0, 0.1) is 12.8 Å². The van der Waals surface area contributed by atoms with Crippen molar-refractivity contribution in [2.75, 3.05) is 37.9 Å². The first-order valence-corrected chi connectivity index (χ1v) is 13.5. The molecule has 0 radical (unpaired) electrons. The zero-order valence-corrected chi connectivity index (χ0v) is 22.9. The summed E-state index contributed by atoms with van der Waals surface area (Å²) in [5.74, 6) is 0.316. The van der Waals surface area contributed by atoms with Gasteiger partial charge in [0.2, 0.25) is 21.8 Å². The van der Waals surface area contributed by atoms with Crippen molar-refractivity contribution in [3.05, 3.63) is 53.6 Å². The smallest absolute Gasteiger partial charge is 0.244 e. The van der Waals surface area contributed by atoms with E-state index in [4.69, 9.17) is 9.47 Å². The van der Waals surface area contributed by atoms with E-state index in [-0.39, 0.29) is 24.1 Å². The number of sulfonamides is 1. The van der Waals surface area contributed by atoms with E-state index in [1.165, 1.54) is 12.0 Å². The van der Waals surface area contributed by atoms with Gasteiger partial charge in [-0.3, -0.25) is 13.9 Å². The van der Waals surface area contributed by atoms with Gasteiger partial charge in [-0.15, -0.1) is 0 Å². The third-order valence-corrected chi connectivity index (χ3v) is 6.75. The number of carbonyl (C=O) groups is 2. The van der Waals surface area contributed by atoms with Crippen molar-refractivity contribution in [3.63, 3.8) is 0 Å². The van der Waals surface area contributed by atoms with Gasteiger partial charge in [0.15, 0.2) is 0 Å². The third kappa shape index (κ3) is 7.87. The second-order valence-electron chi connectivity index (χ2n) is 9.13. The molecule has 36 heavy (non-hydrogen) atoms. The van der Waals surface area contributed by atoms with E-state index in [1.54, 1.807) is 50.4 Å². The molecule has 2 aromatic rings. The molecule has 0 bridgehead atoms. The first-order valence-electron chi connectivity index (χ1n) is 11.7. The van der Waals surface area contributed by atoms with E-state index >= 15 is 0 Å². The average molecular weight is 520 g/mol. The second-order valence-corrected chi connectivity index (χ2v) is 11.0. The summed E-state index contributed by atoms with van der Waals surface area (Å²) in [7, 11) is -0.879. The summed E-state index contributed by atoms with van der Waals surface area (Å²) in [6.07, 6.45) is 1.03. The Morgan fingerprint density at radius 1 is 1.03 bits per heavy atom. The van der Waals surface area contributed by atoms with E-state index in [9.17, 15) is 18.0 Å². The first-order chi connectivity index (χ1) is 16.9. The predicted molar refractivity (Wildman–Crippen MR) is 141 cm³/mol. The van der Waals surface area contributed by atoms with Crippen LogP contribution in [0.4, 0.5) is 5.69 Å². The van der Waals surface area contributed by atoms with Crippen LogP contribution in [-0.2, 0) is 26.2 Å². The minimum Gasteiger partial charge on any atom is -0.497 e. The van der Waals surface area contributed by atoms with Crippen molar-refractivity contribution < 1.29 is 27.5 Å². The maximum atomic E-state index is 13.7. The van der Waals surface area contributed by atoms with Crippen LogP contribution in [0.5, 0.6) is 11.5 Å². The second kappa shape index (κ2) is 12.6. The minimum atomic E-state index is -3.86. The van der Waals surface area contributed by atoms with Gasteiger partial charge >= 0.3 is 0 Å². The van der Waals surface area contributed by atoms with Gasteiger partial charge in [-0.25, -0.2) is 8.42 Å². The molecule has 1 atom stereocenters. The number of anilines is 1. The van der Waals surface area contributed by atoms with Crippen LogP contribution >= 0.6 is 0 Å². The molecule has 2 amide bonds. The molecule has 198 valence electrons. The Bertz CT molecular complexity index is 1170. The van der Waals surface area contributed by atoms with Gasteiger partial charge in [0.25, 0.3) is 0 Å². The molecule has 0 unspecified atom stereocenters. The van der Waals surface area contributed by atoms with Crippen molar-refractivity contribution in [1.29, 1.82) is 0 Å². The van der Waals surface area contributed by atoms with Crippen molar-refractivity contribution in [3.8, 4) is 11.5 Å².